The fourth-order valence-electron chi connectivity index (χ4n) is 3.88. The van der Waals surface area contributed by atoms with E-state index < -0.39 is 10.0 Å². The van der Waals surface area contributed by atoms with E-state index in [4.69, 9.17) is 0 Å². The molecule has 150 valence electrons. The van der Waals surface area contributed by atoms with Crippen LogP contribution in [0.2, 0.25) is 0 Å². The van der Waals surface area contributed by atoms with Gasteiger partial charge in [-0.15, -0.1) is 0 Å². The second-order valence-corrected chi connectivity index (χ2v) is 9.37. The lowest BCUT2D eigenvalue weighted by Gasteiger charge is -2.35. The molecular formula is C19H30N4O3S. The number of rotatable bonds is 6. The van der Waals surface area contributed by atoms with Crippen LogP contribution < -0.4 is 5.32 Å². The number of likely N-dealkylation sites (N-methyl/N-ethyl adjacent to an activating group) is 1. The van der Waals surface area contributed by atoms with Gasteiger partial charge in [-0.1, -0.05) is 17.7 Å². The summed E-state index contributed by atoms with van der Waals surface area (Å²) in [7, 11) is -1.55. The maximum atomic E-state index is 12.8. The average molecular weight is 395 g/mol. The van der Waals surface area contributed by atoms with Crippen LogP contribution in [-0.2, 0) is 14.8 Å². The molecule has 2 aliphatic heterocycles. The molecule has 1 amide bonds. The maximum Gasteiger partial charge on any atom is 0.243 e. The van der Waals surface area contributed by atoms with E-state index >= 15 is 0 Å². The number of amides is 1. The molecule has 2 heterocycles. The number of benzene rings is 1. The molecule has 1 aromatic rings. The molecule has 0 spiro atoms. The standard InChI is InChI=1S/C19H30N4O3S/c1-16-5-7-18(8-6-16)27(25,26)22-12-10-21(11-13-22)15-19(24)23-9-3-4-17(23)14-20-2/h5-8,17,20H,3-4,9-15H2,1-2H3. The van der Waals surface area contributed by atoms with Gasteiger partial charge >= 0.3 is 0 Å². The topological polar surface area (TPSA) is 73.0 Å². The summed E-state index contributed by atoms with van der Waals surface area (Å²) in [5.74, 6) is 0.155. The lowest BCUT2D eigenvalue weighted by Crippen LogP contribution is -2.52. The Kier molecular flexibility index (Phi) is 6.52. The van der Waals surface area contributed by atoms with Crippen LogP contribution in [0.4, 0.5) is 0 Å². The molecule has 1 unspecified atom stereocenters. The molecule has 1 N–H and O–H groups in total. The van der Waals surface area contributed by atoms with E-state index in [0.29, 0.717) is 37.6 Å². The summed E-state index contributed by atoms with van der Waals surface area (Å²) >= 11 is 0. The van der Waals surface area contributed by atoms with Crippen LogP contribution in [0.5, 0.6) is 0 Å². The summed E-state index contributed by atoms with van der Waals surface area (Å²) in [6.45, 7) is 5.98. The molecule has 0 saturated carbocycles. The maximum absolute atomic E-state index is 12.8. The zero-order chi connectivity index (χ0) is 19.4. The van der Waals surface area contributed by atoms with Gasteiger partial charge < -0.3 is 10.2 Å². The van der Waals surface area contributed by atoms with Crippen molar-refractivity contribution in [2.45, 2.75) is 30.7 Å². The van der Waals surface area contributed by atoms with Crippen molar-refractivity contribution in [2.24, 2.45) is 0 Å². The number of hydrogen-bond acceptors (Lipinski definition) is 5. The summed E-state index contributed by atoms with van der Waals surface area (Å²) in [5, 5.41) is 3.16. The van der Waals surface area contributed by atoms with Gasteiger partial charge in [0, 0.05) is 45.3 Å². The third-order valence-electron chi connectivity index (χ3n) is 5.49. The van der Waals surface area contributed by atoms with Crippen molar-refractivity contribution in [3.8, 4) is 0 Å². The van der Waals surface area contributed by atoms with Crippen molar-refractivity contribution in [1.29, 1.82) is 0 Å². The second-order valence-electron chi connectivity index (χ2n) is 7.43. The van der Waals surface area contributed by atoms with Crippen LogP contribution in [0.15, 0.2) is 29.2 Å². The smallest absolute Gasteiger partial charge is 0.243 e. The van der Waals surface area contributed by atoms with Gasteiger partial charge in [0.05, 0.1) is 11.4 Å². The van der Waals surface area contributed by atoms with Crippen molar-refractivity contribution in [2.75, 3.05) is 52.9 Å². The first-order valence-corrected chi connectivity index (χ1v) is 11.1. The number of carbonyl (C=O) groups excluding carboxylic acids is 1. The van der Waals surface area contributed by atoms with Gasteiger partial charge in [-0.2, -0.15) is 4.31 Å². The van der Waals surface area contributed by atoms with E-state index in [2.05, 4.69) is 10.2 Å². The highest BCUT2D eigenvalue weighted by molar-refractivity contribution is 7.89. The number of sulfonamides is 1. The molecule has 2 fully saturated rings. The molecule has 8 heteroatoms. The van der Waals surface area contributed by atoms with Gasteiger partial charge in [-0.05, 0) is 38.9 Å². The Bertz CT molecular complexity index is 743. The fraction of sp³-hybridized carbons (Fsp3) is 0.632. The molecule has 27 heavy (non-hydrogen) atoms. The van der Waals surface area contributed by atoms with Crippen molar-refractivity contribution in [3.05, 3.63) is 29.8 Å². The first-order valence-electron chi connectivity index (χ1n) is 9.65. The number of nitrogens with one attached hydrogen (secondary N) is 1. The monoisotopic (exact) mass is 394 g/mol. The number of hydrogen-bond donors (Lipinski definition) is 1. The number of likely N-dealkylation sites (tertiary alicyclic amines) is 1. The van der Waals surface area contributed by atoms with Crippen LogP contribution in [0.1, 0.15) is 18.4 Å². The normalized spacial score (nSPS) is 22.3. The summed E-state index contributed by atoms with van der Waals surface area (Å²) in [6.07, 6.45) is 2.11. The third kappa shape index (κ3) is 4.68. The number of piperazine rings is 1. The van der Waals surface area contributed by atoms with Crippen LogP contribution >= 0.6 is 0 Å². The molecule has 0 radical (unpaired) electrons. The predicted octanol–water partition coefficient (Wildman–Crippen LogP) is 0.512. The summed E-state index contributed by atoms with van der Waals surface area (Å²) in [4.78, 5) is 17.0. The van der Waals surface area contributed by atoms with Gasteiger partial charge in [0.15, 0.2) is 0 Å². The van der Waals surface area contributed by atoms with E-state index in [9.17, 15) is 13.2 Å². The zero-order valence-electron chi connectivity index (χ0n) is 16.2. The summed E-state index contributed by atoms with van der Waals surface area (Å²) < 4.78 is 27.1. The van der Waals surface area contributed by atoms with E-state index in [1.807, 2.05) is 31.0 Å². The Morgan fingerprint density at radius 3 is 2.41 bits per heavy atom. The highest BCUT2D eigenvalue weighted by Gasteiger charge is 2.32. The molecule has 2 saturated heterocycles. The lowest BCUT2D eigenvalue weighted by atomic mass is 10.2. The quantitative estimate of drug-likeness (QED) is 0.761. The third-order valence-corrected chi connectivity index (χ3v) is 7.40. The number of carbonyl (C=O) groups is 1. The summed E-state index contributed by atoms with van der Waals surface area (Å²) in [6, 6.07) is 7.25. The fourth-order valence-corrected chi connectivity index (χ4v) is 5.30. The lowest BCUT2D eigenvalue weighted by molar-refractivity contribution is -0.133. The van der Waals surface area contributed by atoms with Crippen molar-refractivity contribution in [1.82, 2.24) is 19.4 Å². The van der Waals surface area contributed by atoms with Crippen molar-refractivity contribution in [3.63, 3.8) is 0 Å². The van der Waals surface area contributed by atoms with Crippen LogP contribution in [0.3, 0.4) is 0 Å². The molecular weight excluding hydrogens is 364 g/mol. The number of aryl methyl sites for hydroxylation is 1. The van der Waals surface area contributed by atoms with Crippen LogP contribution in [-0.4, -0.2) is 87.3 Å². The molecule has 0 aromatic heterocycles. The molecule has 7 nitrogen and oxygen atoms in total. The highest BCUT2D eigenvalue weighted by atomic mass is 32.2. The zero-order valence-corrected chi connectivity index (χ0v) is 17.0. The SMILES string of the molecule is CNCC1CCCN1C(=O)CN1CCN(S(=O)(=O)c2ccc(C)cc2)CC1. The first-order chi connectivity index (χ1) is 12.9. The Labute approximate surface area is 162 Å². The summed E-state index contributed by atoms with van der Waals surface area (Å²) in [5.41, 5.74) is 1.04. The van der Waals surface area contributed by atoms with Gasteiger partial charge in [-0.25, -0.2) is 8.42 Å². The van der Waals surface area contributed by atoms with Gasteiger partial charge in [0.2, 0.25) is 15.9 Å². The van der Waals surface area contributed by atoms with Gasteiger partial charge in [0.1, 0.15) is 0 Å². The van der Waals surface area contributed by atoms with E-state index in [0.717, 1.165) is 31.5 Å². The van der Waals surface area contributed by atoms with Crippen molar-refractivity contribution < 1.29 is 13.2 Å². The Morgan fingerprint density at radius 1 is 1.11 bits per heavy atom. The molecule has 0 aliphatic carbocycles. The predicted molar refractivity (Wildman–Crippen MR) is 105 cm³/mol. The molecule has 1 aromatic carbocycles. The molecule has 0 bridgehead atoms. The van der Waals surface area contributed by atoms with Crippen molar-refractivity contribution >= 4 is 15.9 Å². The average Bonchev–Trinajstić information content (AvgIpc) is 3.11. The molecule has 1 atom stereocenters. The van der Waals surface area contributed by atoms with Gasteiger partial charge in [0.25, 0.3) is 0 Å². The Balaban J connectivity index is 1.54. The Morgan fingerprint density at radius 2 is 1.78 bits per heavy atom. The number of nitrogens with zero attached hydrogens (tertiary/aromatic N) is 3. The highest BCUT2D eigenvalue weighted by Crippen LogP contribution is 2.20. The van der Waals surface area contributed by atoms with E-state index in [1.54, 1.807) is 12.1 Å². The first kappa shape index (κ1) is 20.3. The minimum atomic E-state index is -3.46. The van der Waals surface area contributed by atoms with Crippen LogP contribution in [0, 0.1) is 6.92 Å². The second kappa shape index (κ2) is 8.68. The van der Waals surface area contributed by atoms with Crippen LogP contribution in [0.25, 0.3) is 0 Å². The van der Waals surface area contributed by atoms with E-state index in [-0.39, 0.29) is 11.9 Å². The molecule has 2 aliphatic rings. The van der Waals surface area contributed by atoms with E-state index in [1.165, 1.54) is 4.31 Å². The Hall–Kier alpha value is -1.48. The largest absolute Gasteiger partial charge is 0.337 e. The minimum Gasteiger partial charge on any atom is -0.337 e. The van der Waals surface area contributed by atoms with Gasteiger partial charge in [-0.3, -0.25) is 9.69 Å². The minimum absolute atomic E-state index is 0.155. The molecule has 3 rings (SSSR count).